The number of aromatic nitrogens is 5. The average molecular weight is 285 g/mol. The maximum Gasteiger partial charge on any atom is 0.225 e. The highest BCUT2D eigenvalue weighted by molar-refractivity contribution is 5.34. The molecule has 110 valence electrons. The molecule has 2 aromatic heterocycles. The van der Waals surface area contributed by atoms with Crippen LogP contribution in [0.25, 0.3) is 0 Å². The zero-order valence-corrected chi connectivity index (χ0v) is 12.2. The molecule has 0 radical (unpaired) electrons. The Bertz CT molecular complexity index is 647. The van der Waals surface area contributed by atoms with Crippen LogP contribution in [0.4, 0.5) is 5.95 Å². The van der Waals surface area contributed by atoms with Gasteiger partial charge in [-0.15, -0.1) is 10.2 Å². The molecule has 1 N–H and O–H groups in total. The highest BCUT2D eigenvalue weighted by atomic mass is 15.4. The van der Waals surface area contributed by atoms with Crippen molar-refractivity contribution in [3.63, 3.8) is 0 Å². The van der Waals surface area contributed by atoms with Crippen molar-refractivity contribution in [1.29, 1.82) is 0 Å². The Morgan fingerprint density at radius 1 is 1.33 bits per heavy atom. The molecular weight excluding hydrogens is 266 g/mol. The maximum atomic E-state index is 4.67. The third kappa shape index (κ3) is 2.61. The number of nitrogens with zero attached hydrogens (tertiary/aromatic N) is 6. The lowest BCUT2D eigenvalue weighted by atomic mass is 10.2. The Hall–Kier alpha value is -2.02. The van der Waals surface area contributed by atoms with Crippen molar-refractivity contribution in [2.24, 2.45) is 0 Å². The minimum atomic E-state index is 0.706. The van der Waals surface area contributed by atoms with E-state index in [2.05, 4.69) is 41.9 Å². The molecule has 0 atom stereocenters. The normalized spacial score (nSPS) is 17.9. The van der Waals surface area contributed by atoms with Crippen molar-refractivity contribution in [2.45, 2.75) is 45.4 Å². The van der Waals surface area contributed by atoms with Crippen LogP contribution in [-0.4, -0.2) is 37.3 Å². The first-order chi connectivity index (χ1) is 10.3. The molecule has 0 aromatic carbocycles. The topological polar surface area (TPSA) is 71.8 Å². The van der Waals surface area contributed by atoms with E-state index in [-0.39, 0.29) is 0 Å². The van der Waals surface area contributed by atoms with Gasteiger partial charge in [0, 0.05) is 43.1 Å². The number of nitrogens with one attached hydrogen (secondary N) is 1. The van der Waals surface area contributed by atoms with Crippen LogP contribution in [0.1, 0.15) is 29.9 Å². The highest BCUT2D eigenvalue weighted by Crippen LogP contribution is 2.20. The van der Waals surface area contributed by atoms with Crippen LogP contribution in [0, 0.1) is 6.92 Å². The van der Waals surface area contributed by atoms with E-state index in [1.165, 1.54) is 18.4 Å². The molecule has 0 saturated heterocycles. The molecule has 1 aliphatic carbocycles. The zero-order valence-electron chi connectivity index (χ0n) is 12.2. The van der Waals surface area contributed by atoms with Gasteiger partial charge in [-0.25, -0.2) is 9.97 Å². The smallest absolute Gasteiger partial charge is 0.225 e. The summed E-state index contributed by atoms with van der Waals surface area (Å²) >= 11 is 0. The fraction of sp³-hybridized carbons (Fsp3) is 0.571. The van der Waals surface area contributed by atoms with Crippen LogP contribution in [0.15, 0.2) is 12.5 Å². The fourth-order valence-electron chi connectivity index (χ4n) is 2.58. The Balaban J connectivity index is 1.49. The molecule has 0 amide bonds. The van der Waals surface area contributed by atoms with E-state index in [4.69, 9.17) is 0 Å². The van der Waals surface area contributed by atoms with Gasteiger partial charge in [0.1, 0.15) is 6.33 Å². The van der Waals surface area contributed by atoms with E-state index in [1.807, 2.05) is 6.20 Å². The fourth-order valence-corrected chi connectivity index (χ4v) is 2.58. The lowest BCUT2D eigenvalue weighted by molar-refractivity contribution is 0.550. The van der Waals surface area contributed by atoms with Crippen molar-refractivity contribution < 1.29 is 0 Å². The van der Waals surface area contributed by atoms with Crippen molar-refractivity contribution in [3.8, 4) is 0 Å². The van der Waals surface area contributed by atoms with Crippen LogP contribution < -0.4 is 10.2 Å². The van der Waals surface area contributed by atoms with E-state index in [0.29, 0.717) is 6.04 Å². The SMILES string of the molecule is Cc1nc(N2CCn3cnnc3C2)ncc1CNC1CC1. The van der Waals surface area contributed by atoms with Gasteiger partial charge in [-0.2, -0.15) is 0 Å². The highest BCUT2D eigenvalue weighted by Gasteiger charge is 2.22. The van der Waals surface area contributed by atoms with Crippen LogP contribution in [-0.2, 0) is 19.6 Å². The van der Waals surface area contributed by atoms with Crippen molar-refractivity contribution in [1.82, 2.24) is 30.0 Å². The van der Waals surface area contributed by atoms with Crippen LogP contribution in [0.5, 0.6) is 0 Å². The average Bonchev–Trinajstić information content (AvgIpc) is 3.21. The first-order valence-corrected chi connectivity index (χ1v) is 7.47. The lowest BCUT2D eigenvalue weighted by Gasteiger charge is -2.27. The third-order valence-electron chi connectivity index (χ3n) is 4.15. The van der Waals surface area contributed by atoms with E-state index in [0.717, 1.165) is 43.6 Å². The van der Waals surface area contributed by atoms with E-state index in [1.54, 1.807) is 6.33 Å². The molecule has 0 unspecified atom stereocenters. The summed E-state index contributed by atoms with van der Waals surface area (Å²) in [6.07, 6.45) is 6.33. The lowest BCUT2D eigenvalue weighted by Crippen LogP contribution is -2.35. The molecule has 0 bridgehead atoms. The quantitative estimate of drug-likeness (QED) is 0.889. The second-order valence-corrected chi connectivity index (χ2v) is 5.80. The van der Waals surface area contributed by atoms with Gasteiger partial charge in [0.05, 0.1) is 6.54 Å². The summed E-state index contributed by atoms with van der Waals surface area (Å²) < 4.78 is 2.08. The maximum absolute atomic E-state index is 4.67. The molecule has 7 nitrogen and oxygen atoms in total. The number of anilines is 1. The predicted octanol–water partition coefficient (Wildman–Crippen LogP) is 0.649. The van der Waals surface area contributed by atoms with Crippen molar-refractivity contribution in [2.75, 3.05) is 11.4 Å². The third-order valence-corrected chi connectivity index (χ3v) is 4.15. The van der Waals surface area contributed by atoms with E-state index >= 15 is 0 Å². The zero-order chi connectivity index (χ0) is 14.2. The molecule has 7 heteroatoms. The van der Waals surface area contributed by atoms with Crippen LogP contribution in [0.2, 0.25) is 0 Å². The molecular formula is C14H19N7. The molecule has 1 fully saturated rings. The molecule has 21 heavy (non-hydrogen) atoms. The molecule has 2 aromatic rings. The summed E-state index contributed by atoms with van der Waals surface area (Å²) in [5.41, 5.74) is 2.24. The van der Waals surface area contributed by atoms with Crippen molar-refractivity contribution >= 4 is 5.95 Å². The summed E-state index contributed by atoms with van der Waals surface area (Å²) in [6.45, 7) is 5.42. The number of rotatable bonds is 4. The molecule has 0 spiro atoms. The van der Waals surface area contributed by atoms with Gasteiger partial charge in [0.15, 0.2) is 5.82 Å². The number of fused-ring (bicyclic) bond motifs is 1. The molecule has 1 aliphatic heterocycles. The van der Waals surface area contributed by atoms with Gasteiger partial charge in [-0.05, 0) is 19.8 Å². The predicted molar refractivity (Wildman–Crippen MR) is 77.7 cm³/mol. The van der Waals surface area contributed by atoms with Gasteiger partial charge >= 0.3 is 0 Å². The van der Waals surface area contributed by atoms with E-state index in [9.17, 15) is 0 Å². The van der Waals surface area contributed by atoms with Crippen molar-refractivity contribution in [3.05, 3.63) is 29.6 Å². The number of aryl methyl sites for hydroxylation is 1. The Morgan fingerprint density at radius 2 is 2.24 bits per heavy atom. The molecule has 2 aliphatic rings. The Kier molecular flexibility index (Phi) is 3.07. The van der Waals surface area contributed by atoms with Crippen LogP contribution in [0.3, 0.4) is 0 Å². The Labute approximate surface area is 123 Å². The minimum Gasteiger partial charge on any atom is -0.331 e. The van der Waals surface area contributed by atoms with E-state index < -0.39 is 0 Å². The first kappa shape index (κ1) is 12.7. The largest absolute Gasteiger partial charge is 0.331 e. The summed E-state index contributed by atoms with van der Waals surface area (Å²) in [7, 11) is 0. The second-order valence-electron chi connectivity index (χ2n) is 5.80. The van der Waals surface area contributed by atoms with Gasteiger partial charge in [-0.3, -0.25) is 0 Å². The minimum absolute atomic E-state index is 0.706. The van der Waals surface area contributed by atoms with Gasteiger partial charge < -0.3 is 14.8 Å². The summed E-state index contributed by atoms with van der Waals surface area (Å²) in [4.78, 5) is 11.4. The van der Waals surface area contributed by atoms with Gasteiger partial charge in [0.25, 0.3) is 0 Å². The Morgan fingerprint density at radius 3 is 3.05 bits per heavy atom. The monoisotopic (exact) mass is 285 g/mol. The van der Waals surface area contributed by atoms with Gasteiger partial charge in [-0.1, -0.05) is 0 Å². The molecule has 3 heterocycles. The number of hydrogen-bond acceptors (Lipinski definition) is 6. The number of hydrogen-bond donors (Lipinski definition) is 1. The van der Waals surface area contributed by atoms with Gasteiger partial charge in [0.2, 0.25) is 5.95 Å². The standard InChI is InChI=1S/C14H19N7/c1-10-11(6-15-12-2-3-12)7-16-14(18-10)20-4-5-21-9-17-19-13(21)8-20/h7,9,12,15H,2-6,8H2,1H3. The second kappa shape index (κ2) is 5.07. The summed E-state index contributed by atoms with van der Waals surface area (Å²) in [6, 6.07) is 0.706. The first-order valence-electron chi connectivity index (χ1n) is 7.47. The summed E-state index contributed by atoms with van der Waals surface area (Å²) in [5, 5.41) is 11.6. The van der Waals surface area contributed by atoms with Crippen LogP contribution >= 0.6 is 0 Å². The molecule has 4 rings (SSSR count). The molecule has 1 saturated carbocycles. The summed E-state index contributed by atoms with van der Waals surface area (Å²) in [5.74, 6) is 1.76.